The molecule has 0 aliphatic heterocycles. The van der Waals surface area contributed by atoms with Crippen LogP contribution >= 0.6 is 0 Å². The van der Waals surface area contributed by atoms with E-state index in [0.717, 1.165) is 31.4 Å². The van der Waals surface area contributed by atoms with Gasteiger partial charge in [0.25, 0.3) is 0 Å². The van der Waals surface area contributed by atoms with Crippen molar-refractivity contribution in [1.29, 1.82) is 0 Å². The van der Waals surface area contributed by atoms with Crippen molar-refractivity contribution in [1.82, 2.24) is 0 Å². The van der Waals surface area contributed by atoms with Crippen LogP contribution in [0.1, 0.15) is 52.0 Å². The van der Waals surface area contributed by atoms with Gasteiger partial charge in [0.1, 0.15) is 0 Å². The number of carbonyl (C=O) groups is 1. The van der Waals surface area contributed by atoms with Crippen LogP contribution in [-0.2, 0) is 10.2 Å². The molecule has 0 heterocycles. The third-order valence-corrected chi connectivity index (χ3v) is 3.65. The first kappa shape index (κ1) is 13.1. The van der Waals surface area contributed by atoms with Crippen molar-refractivity contribution >= 4 is 11.5 Å². The number of Topliss-reactive ketones (excluding diaryl/α,β-unsaturated/α-hetero) is 1. The fraction of sp³-hybridized carbons (Fsp3) is 0.562. The summed E-state index contributed by atoms with van der Waals surface area (Å²) in [6.45, 7) is 6.63. The van der Waals surface area contributed by atoms with Gasteiger partial charge in [0.05, 0.1) is 6.04 Å². The molecule has 2 nitrogen and oxygen atoms in total. The van der Waals surface area contributed by atoms with Crippen molar-refractivity contribution < 1.29 is 4.79 Å². The third kappa shape index (κ3) is 3.12. The number of benzene rings is 1. The quantitative estimate of drug-likeness (QED) is 0.856. The average Bonchev–Trinajstić information content (AvgIpc) is 2.32. The third-order valence-electron chi connectivity index (χ3n) is 3.65. The largest absolute Gasteiger partial charge is 0.375 e. The summed E-state index contributed by atoms with van der Waals surface area (Å²) in [5, 5.41) is 3.36. The molecule has 1 atom stereocenters. The molecule has 0 amide bonds. The van der Waals surface area contributed by atoms with Crippen LogP contribution in [0.25, 0.3) is 0 Å². The number of hydrogen-bond donors (Lipinski definition) is 1. The van der Waals surface area contributed by atoms with Crippen LogP contribution in [-0.4, -0.2) is 11.8 Å². The van der Waals surface area contributed by atoms with Gasteiger partial charge < -0.3 is 5.32 Å². The van der Waals surface area contributed by atoms with E-state index in [0.29, 0.717) is 5.78 Å². The van der Waals surface area contributed by atoms with Gasteiger partial charge in [-0.2, -0.15) is 0 Å². The van der Waals surface area contributed by atoms with Gasteiger partial charge >= 0.3 is 0 Å². The first-order valence-electron chi connectivity index (χ1n) is 6.86. The van der Waals surface area contributed by atoms with Crippen LogP contribution in [0, 0.1) is 0 Å². The molecular weight excluding hydrogens is 222 g/mol. The number of carbonyl (C=O) groups excluding carboxylic acids is 1. The van der Waals surface area contributed by atoms with E-state index in [4.69, 9.17) is 0 Å². The Labute approximate surface area is 110 Å². The van der Waals surface area contributed by atoms with Crippen LogP contribution in [0.4, 0.5) is 5.69 Å². The van der Waals surface area contributed by atoms with E-state index in [1.807, 2.05) is 0 Å². The van der Waals surface area contributed by atoms with E-state index in [1.165, 1.54) is 5.56 Å². The molecule has 1 fully saturated rings. The minimum atomic E-state index is 0.0271. The summed E-state index contributed by atoms with van der Waals surface area (Å²) in [6, 6.07) is 8.50. The predicted octanol–water partition coefficient (Wildman–Crippen LogP) is 3.91. The Kier molecular flexibility index (Phi) is 3.74. The molecule has 2 rings (SSSR count). The van der Waals surface area contributed by atoms with Gasteiger partial charge in [-0.3, -0.25) is 4.79 Å². The summed E-state index contributed by atoms with van der Waals surface area (Å²) < 4.78 is 0. The lowest BCUT2D eigenvalue weighted by molar-refractivity contribution is -0.121. The van der Waals surface area contributed by atoms with E-state index in [1.54, 1.807) is 0 Å². The molecule has 18 heavy (non-hydrogen) atoms. The van der Waals surface area contributed by atoms with Gasteiger partial charge in [-0.1, -0.05) is 39.3 Å². The maximum absolute atomic E-state index is 11.8. The highest BCUT2D eigenvalue weighted by molar-refractivity contribution is 5.87. The molecule has 0 aromatic heterocycles. The molecule has 0 spiro atoms. The Balaban J connectivity index is 2.04. The monoisotopic (exact) mass is 245 g/mol. The number of ketones is 1. The average molecular weight is 245 g/mol. The molecule has 1 N–H and O–H groups in total. The molecule has 0 bridgehead atoms. The molecule has 0 radical (unpaired) electrons. The van der Waals surface area contributed by atoms with Gasteiger partial charge in [0.2, 0.25) is 0 Å². The van der Waals surface area contributed by atoms with Crippen molar-refractivity contribution in [3.05, 3.63) is 29.8 Å². The van der Waals surface area contributed by atoms with Crippen LogP contribution in [0.3, 0.4) is 0 Å². The highest BCUT2D eigenvalue weighted by Gasteiger charge is 2.21. The second kappa shape index (κ2) is 5.13. The second-order valence-corrected chi connectivity index (χ2v) is 6.24. The molecule has 1 aromatic rings. The predicted molar refractivity (Wildman–Crippen MR) is 76.0 cm³/mol. The van der Waals surface area contributed by atoms with Crippen molar-refractivity contribution in [2.24, 2.45) is 0 Å². The summed E-state index contributed by atoms with van der Waals surface area (Å²) in [6.07, 6.45) is 3.92. The van der Waals surface area contributed by atoms with Crippen molar-refractivity contribution in [2.45, 2.75) is 57.9 Å². The molecule has 1 aliphatic carbocycles. The lowest BCUT2D eigenvalue weighted by Gasteiger charge is -2.24. The summed E-state index contributed by atoms with van der Waals surface area (Å²) >= 11 is 0. The van der Waals surface area contributed by atoms with Gasteiger partial charge in [-0.15, -0.1) is 0 Å². The fourth-order valence-corrected chi connectivity index (χ4v) is 2.40. The van der Waals surface area contributed by atoms with E-state index < -0.39 is 0 Å². The van der Waals surface area contributed by atoms with Gasteiger partial charge in [0.15, 0.2) is 5.78 Å². The summed E-state index contributed by atoms with van der Waals surface area (Å²) in [5.41, 5.74) is 2.56. The van der Waals surface area contributed by atoms with Crippen LogP contribution < -0.4 is 5.32 Å². The normalized spacial score (nSPS) is 20.8. The Bertz CT molecular complexity index is 414. The highest BCUT2D eigenvalue weighted by Crippen LogP contribution is 2.25. The van der Waals surface area contributed by atoms with Crippen molar-refractivity contribution in [3.63, 3.8) is 0 Å². The van der Waals surface area contributed by atoms with Crippen molar-refractivity contribution in [3.8, 4) is 0 Å². The van der Waals surface area contributed by atoms with Gasteiger partial charge in [-0.05, 0) is 36.0 Å². The molecule has 1 unspecified atom stereocenters. The molecule has 1 aromatic carbocycles. The Morgan fingerprint density at radius 2 is 1.78 bits per heavy atom. The highest BCUT2D eigenvalue weighted by atomic mass is 16.1. The molecule has 1 saturated carbocycles. The maximum atomic E-state index is 11.8. The smallest absolute Gasteiger partial charge is 0.155 e. The molecule has 1 aliphatic rings. The molecule has 2 heteroatoms. The fourth-order valence-electron chi connectivity index (χ4n) is 2.40. The van der Waals surface area contributed by atoms with E-state index in [2.05, 4.69) is 50.4 Å². The minimum Gasteiger partial charge on any atom is -0.375 e. The zero-order valence-corrected chi connectivity index (χ0v) is 11.6. The standard InChI is InChI=1S/C16H23NO/c1-16(2,3)12-8-10-13(11-9-12)17-14-6-4-5-7-15(14)18/h8-11,14,17H,4-7H2,1-3H3. The summed E-state index contributed by atoms with van der Waals surface area (Å²) in [4.78, 5) is 11.8. The summed E-state index contributed by atoms with van der Waals surface area (Å²) in [7, 11) is 0. The van der Waals surface area contributed by atoms with E-state index in [9.17, 15) is 4.79 Å². The SMILES string of the molecule is CC(C)(C)c1ccc(NC2CCCCC2=O)cc1. The zero-order valence-electron chi connectivity index (χ0n) is 11.6. The molecular formula is C16H23NO. The maximum Gasteiger partial charge on any atom is 0.155 e. The van der Waals surface area contributed by atoms with Gasteiger partial charge in [-0.25, -0.2) is 0 Å². The topological polar surface area (TPSA) is 29.1 Å². The molecule has 98 valence electrons. The lowest BCUT2D eigenvalue weighted by atomic mass is 9.87. The molecule has 0 saturated heterocycles. The zero-order chi connectivity index (χ0) is 13.2. The first-order chi connectivity index (χ1) is 8.47. The van der Waals surface area contributed by atoms with Gasteiger partial charge in [0, 0.05) is 12.1 Å². The Morgan fingerprint density at radius 1 is 1.11 bits per heavy atom. The minimum absolute atomic E-state index is 0.0271. The second-order valence-electron chi connectivity index (χ2n) is 6.24. The van der Waals surface area contributed by atoms with Crippen molar-refractivity contribution in [2.75, 3.05) is 5.32 Å². The number of anilines is 1. The number of hydrogen-bond acceptors (Lipinski definition) is 2. The van der Waals surface area contributed by atoms with Crippen LogP contribution in [0.2, 0.25) is 0 Å². The summed E-state index contributed by atoms with van der Waals surface area (Å²) in [5.74, 6) is 0.362. The van der Waals surface area contributed by atoms with Crippen LogP contribution in [0.15, 0.2) is 24.3 Å². The van der Waals surface area contributed by atoms with E-state index in [-0.39, 0.29) is 11.5 Å². The van der Waals surface area contributed by atoms with E-state index >= 15 is 0 Å². The first-order valence-corrected chi connectivity index (χ1v) is 6.86. The lowest BCUT2D eigenvalue weighted by Crippen LogP contribution is -2.32. The Hall–Kier alpha value is -1.31. The Morgan fingerprint density at radius 3 is 2.33 bits per heavy atom. The number of nitrogens with one attached hydrogen (secondary N) is 1. The number of rotatable bonds is 2. The van der Waals surface area contributed by atoms with Crippen LogP contribution in [0.5, 0.6) is 0 Å².